The van der Waals surface area contributed by atoms with E-state index in [1.54, 1.807) is 6.07 Å². The number of nitrogens with zero attached hydrogens (tertiary/aromatic N) is 3. The van der Waals surface area contributed by atoms with Gasteiger partial charge in [-0.3, -0.25) is 9.69 Å². The van der Waals surface area contributed by atoms with Crippen LogP contribution in [0.2, 0.25) is 0 Å². The van der Waals surface area contributed by atoms with E-state index >= 15 is 0 Å². The van der Waals surface area contributed by atoms with Crippen LogP contribution in [0.5, 0.6) is 0 Å². The maximum absolute atomic E-state index is 11.7. The molecule has 2 fully saturated rings. The van der Waals surface area contributed by atoms with Crippen molar-refractivity contribution in [1.82, 2.24) is 14.9 Å². The number of hydrogen-bond acceptors (Lipinski definition) is 4. The van der Waals surface area contributed by atoms with Crippen LogP contribution < -0.4 is 10.5 Å². The summed E-state index contributed by atoms with van der Waals surface area (Å²) < 4.78 is 0. The van der Waals surface area contributed by atoms with Crippen LogP contribution in [0.4, 0.5) is 5.69 Å². The maximum Gasteiger partial charge on any atom is 0.251 e. The van der Waals surface area contributed by atoms with Crippen LogP contribution in [0.25, 0.3) is 0 Å². The van der Waals surface area contributed by atoms with Crippen LogP contribution in [0, 0.1) is 6.92 Å². The third kappa shape index (κ3) is 3.98. The normalized spacial score (nSPS) is 21.3. The standard InChI is InChI=1S/C21H28N4O/c1-16-22-20(13-21(26)23-16)18-9-12-24(15-18)14-17-5-7-19(8-6-17)25-10-3-2-4-11-25/h5-8,13,18H,2-4,9-12,14-15H2,1H3,(H,22,23,26). The zero-order valence-electron chi connectivity index (χ0n) is 15.6. The Morgan fingerprint density at radius 1 is 1.12 bits per heavy atom. The highest BCUT2D eigenvalue weighted by molar-refractivity contribution is 5.47. The number of anilines is 1. The van der Waals surface area contributed by atoms with Crippen LogP contribution in [0.1, 0.15) is 48.7 Å². The van der Waals surface area contributed by atoms with E-state index in [2.05, 4.69) is 44.0 Å². The number of aromatic amines is 1. The molecule has 26 heavy (non-hydrogen) atoms. The van der Waals surface area contributed by atoms with Gasteiger partial charge < -0.3 is 9.88 Å². The molecule has 138 valence electrons. The molecule has 1 N–H and O–H groups in total. The summed E-state index contributed by atoms with van der Waals surface area (Å²) in [5.41, 5.74) is 3.62. The highest BCUT2D eigenvalue weighted by atomic mass is 16.1. The predicted octanol–water partition coefficient (Wildman–Crippen LogP) is 3.06. The third-order valence-electron chi connectivity index (χ3n) is 5.63. The number of aryl methyl sites for hydroxylation is 1. The molecule has 0 bridgehead atoms. The average molecular weight is 352 g/mol. The molecule has 0 aliphatic carbocycles. The van der Waals surface area contributed by atoms with Gasteiger partial charge in [0.15, 0.2) is 0 Å². The Hall–Kier alpha value is -2.14. The van der Waals surface area contributed by atoms with E-state index in [1.807, 2.05) is 6.92 Å². The predicted molar refractivity (Wildman–Crippen MR) is 105 cm³/mol. The molecule has 0 amide bonds. The number of H-pyrrole nitrogens is 1. The summed E-state index contributed by atoms with van der Waals surface area (Å²) in [4.78, 5) is 23.9. The lowest BCUT2D eigenvalue weighted by Crippen LogP contribution is -2.29. The molecule has 1 aromatic heterocycles. The van der Waals surface area contributed by atoms with E-state index in [1.165, 1.54) is 43.6 Å². The second-order valence-corrected chi connectivity index (χ2v) is 7.69. The highest BCUT2D eigenvalue weighted by Crippen LogP contribution is 2.27. The van der Waals surface area contributed by atoms with Crippen molar-refractivity contribution in [3.8, 4) is 0 Å². The lowest BCUT2D eigenvalue weighted by Gasteiger charge is -2.29. The van der Waals surface area contributed by atoms with Gasteiger partial charge in [-0.1, -0.05) is 12.1 Å². The second kappa shape index (κ2) is 7.62. The van der Waals surface area contributed by atoms with Crippen molar-refractivity contribution in [1.29, 1.82) is 0 Å². The number of benzene rings is 1. The molecule has 0 saturated carbocycles. The fraction of sp³-hybridized carbons (Fsp3) is 0.524. The Balaban J connectivity index is 1.37. The molecular weight excluding hydrogens is 324 g/mol. The minimum absolute atomic E-state index is 0.0424. The molecule has 0 radical (unpaired) electrons. The van der Waals surface area contributed by atoms with Gasteiger partial charge in [-0.05, 0) is 56.8 Å². The molecule has 0 spiro atoms. The quantitative estimate of drug-likeness (QED) is 0.919. The Morgan fingerprint density at radius 2 is 1.88 bits per heavy atom. The van der Waals surface area contributed by atoms with E-state index in [0.29, 0.717) is 11.7 Å². The van der Waals surface area contributed by atoms with E-state index in [0.717, 1.165) is 31.7 Å². The average Bonchev–Trinajstić information content (AvgIpc) is 3.11. The van der Waals surface area contributed by atoms with Gasteiger partial charge in [0.05, 0.1) is 5.69 Å². The van der Waals surface area contributed by atoms with E-state index in [4.69, 9.17) is 0 Å². The minimum atomic E-state index is -0.0424. The summed E-state index contributed by atoms with van der Waals surface area (Å²) in [5.74, 6) is 1.07. The van der Waals surface area contributed by atoms with E-state index in [9.17, 15) is 4.79 Å². The lowest BCUT2D eigenvalue weighted by atomic mass is 10.0. The van der Waals surface area contributed by atoms with Crippen molar-refractivity contribution < 1.29 is 0 Å². The number of likely N-dealkylation sites (tertiary alicyclic amines) is 1. The van der Waals surface area contributed by atoms with Gasteiger partial charge in [-0.2, -0.15) is 0 Å². The summed E-state index contributed by atoms with van der Waals surface area (Å²) in [6, 6.07) is 10.8. The first-order chi connectivity index (χ1) is 12.7. The zero-order chi connectivity index (χ0) is 17.9. The largest absolute Gasteiger partial charge is 0.372 e. The van der Waals surface area contributed by atoms with Crippen molar-refractivity contribution in [2.24, 2.45) is 0 Å². The van der Waals surface area contributed by atoms with Gasteiger partial charge in [-0.15, -0.1) is 0 Å². The summed E-state index contributed by atoms with van der Waals surface area (Å²) in [6.07, 6.45) is 5.06. The van der Waals surface area contributed by atoms with Crippen LogP contribution >= 0.6 is 0 Å². The molecule has 1 atom stereocenters. The van der Waals surface area contributed by atoms with Gasteiger partial charge in [-0.25, -0.2) is 4.98 Å². The van der Waals surface area contributed by atoms with Crippen LogP contribution in [-0.4, -0.2) is 41.0 Å². The Morgan fingerprint density at radius 3 is 2.62 bits per heavy atom. The summed E-state index contributed by atoms with van der Waals surface area (Å²) in [7, 11) is 0. The molecule has 2 aliphatic heterocycles. The van der Waals surface area contributed by atoms with Gasteiger partial charge >= 0.3 is 0 Å². The number of aromatic nitrogens is 2. The maximum atomic E-state index is 11.7. The summed E-state index contributed by atoms with van der Waals surface area (Å²) >= 11 is 0. The van der Waals surface area contributed by atoms with Crippen molar-refractivity contribution in [2.45, 2.75) is 45.1 Å². The molecule has 1 aromatic carbocycles. The van der Waals surface area contributed by atoms with Crippen LogP contribution in [-0.2, 0) is 6.54 Å². The van der Waals surface area contributed by atoms with Crippen molar-refractivity contribution in [3.63, 3.8) is 0 Å². The van der Waals surface area contributed by atoms with Crippen LogP contribution in [0.3, 0.4) is 0 Å². The first-order valence-corrected chi connectivity index (χ1v) is 9.81. The van der Waals surface area contributed by atoms with Crippen molar-refractivity contribution >= 4 is 5.69 Å². The Kier molecular flexibility index (Phi) is 5.07. The minimum Gasteiger partial charge on any atom is -0.372 e. The first kappa shape index (κ1) is 17.3. The molecule has 4 rings (SSSR count). The fourth-order valence-electron chi connectivity index (χ4n) is 4.25. The van der Waals surface area contributed by atoms with Crippen molar-refractivity contribution in [3.05, 3.63) is 57.8 Å². The van der Waals surface area contributed by atoms with Gasteiger partial charge in [0.25, 0.3) is 5.56 Å². The summed E-state index contributed by atoms with van der Waals surface area (Å²) in [5, 5.41) is 0. The molecular formula is C21H28N4O. The number of hydrogen-bond donors (Lipinski definition) is 1. The molecule has 5 nitrogen and oxygen atoms in total. The third-order valence-corrected chi connectivity index (χ3v) is 5.63. The smallest absolute Gasteiger partial charge is 0.251 e. The number of rotatable bonds is 4. The van der Waals surface area contributed by atoms with E-state index in [-0.39, 0.29) is 5.56 Å². The SMILES string of the molecule is Cc1nc(C2CCN(Cc3ccc(N4CCCCC4)cc3)C2)cc(=O)[nH]1. The lowest BCUT2D eigenvalue weighted by molar-refractivity contribution is 0.326. The first-order valence-electron chi connectivity index (χ1n) is 9.81. The van der Waals surface area contributed by atoms with Crippen molar-refractivity contribution in [2.75, 3.05) is 31.1 Å². The van der Waals surface area contributed by atoms with Gasteiger partial charge in [0.1, 0.15) is 5.82 Å². The number of nitrogens with one attached hydrogen (secondary N) is 1. The monoisotopic (exact) mass is 352 g/mol. The fourth-order valence-corrected chi connectivity index (χ4v) is 4.25. The van der Waals surface area contributed by atoms with E-state index < -0.39 is 0 Å². The molecule has 3 heterocycles. The summed E-state index contributed by atoms with van der Waals surface area (Å²) in [6.45, 7) is 7.24. The van der Waals surface area contributed by atoms with Gasteiger partial charge in [0.2, 0.25) is 0 Å². The molecule has 2 aromatic rings. The second-order valence-electron chi connectivity index (χ2n) is 7.69. The Labute approximate surface area is 155 Å². The molecule has 1 unspecified atom stereocenters. The highest BCUT2D eigenvalue weighted by Gasteiger charge is 2.25. The molecule has 5 heteroatoms. The number of piperidine rings is 1. The zero-order valence-corrected chi connectivity index (χ0v) is 15.6. The topological polar surface area (TPSA) is 52.2 Å². The molecule has 2 aliphatic rings. The van der Waals surface area contributed by atoms with Gasteiger partial charge in [0, 0.05) is 43.9 Å². The molecule has 2 saturated heterocycles. The Bertz CT molecular complexity index is 792. The van der Waals surface area contributed by atoms with Crippen LogP contribution in [0.15, 0.2) is 35.1 Å².